The molecule has 0 aliphatic heterocycles. The number of aromatic nitrogens is 2. The van der Waals surface area contributed by atoms with Crippen LogP contribution in [0.2, 0.25) is 0 Å². The van der Waals surface area contributed by atoms with Crippen LogP contribution in [0.3, 0.4) is 0 Å². The molecular formula is C9H18N4O. The molecule has 5 heteroatoms. The Morgan fingerprint density at radius 2 is 2.21 bits per heavy atom. The molecule has 1 aromatic rings. The first-order valence-electron chi connectivity index (χ1n) is 5.01. The Balaban J connectivity index is 2.48. The zero-order valence-corrected chi connectivity index (χ0v) is 8.86. The van der Waals surface area contributed by atoms with Gasteiger partial charge in [0.1, 0.15) is 0 Å². The summed E-state index contributed by atoms with van der Waals surface area (Å²) in [5.74, 6) is 0.617. The van der Waals surface area contributed by atoms with Crippen molar-refractivity contribution in [3.8, 4) is 0 Å². The van der Waals surface area contributed by atoms with E-state index in [-0.39, 0.29) is 0 Å². The van der Waals surface area contributed by atoms with Crippen LogP contribution in [0.1, 0.15) is 25.7 Å². The summed E-state index contributed by atoms with van der Waals surface area (Å²) in [6.07, 6.45) is 2.94. The Labute approximate surface area is 84.3 Å². The lowest BCUT2D eigenvalue weighted by atomic mass is 10.3. The molecule has 0 saturated heterocycles. The molecular weight excluding hydrogens is 180 g/mol. The van der Waals surface area contributed by atoms with E-state index in [1.807, 2.05) is 11.9 Å². The number of rotatable bonds is 6. The summed E-state index contributed by atoms with van der Waals surface area (Å²) >= 11 is 0. The van der Waals surface area contributed by atoms with Crippen LogP contribution in [-0.4, -0.2) is 30.3 Å². The molecule has 0 radical (unpaired) electrons. The molecule has 1 heterocycles. The van der Waals surface area contributed by atoms with Gasteiger partial charge in [0.25, 0.3) is 0 Å². The van der Waals surface area contributed by atoms with Crippen molar-refractivity contribution in [3.63, 3.8) is 0 Å². The summed E-state index contributed by atoms with van der Waals surface area (Å²) in [6, 6.07) is 0.585. The fourth-order valence-corrected chi connectivity index (χ4v) is 1.11. The van der Waals surface area contributed by atoms with Crippen LogP contribution in [0.25, 0.3) is 0 Å². The second-order valence-corrected chi connectivity index (χ2v) is 3.29. The van der Waals surface area contributed by atoms with E-state index < -0.39 is 0 Å². The molecule has 0 saturated carbocycles. The van der Waals surface area contributed by atoms with Crippen LogP contribution in [0.15, 0.2) is 4.42 Å². The van der Waals surface area contributed by atoms with E-state index in [2.05, 4.69) is 17.1 Å². The largest absolute Gasteiger partial charge is 0.408 e. The van der Waals surface area contributed by atoms with Crippen LogP contribution in [0, 0.1) is 0 Å². The van der Waals surface area contributed by atoms with Gasteiger partial charge in [-0.05, 0) is 6.42 Å². The zero-order chi connectivity index (χ0) is 10.4. The Morgan fingerprint density at radius 3 is 2.86 bits per heavy atom. The Kier molecular flexibility index (Phi) is 4.39. The number of hydrogen-bond acceptors (Lipinski definition) is 5. The first-order chi connectivity index (χ1) is 6.77. The number of hydrogen-bond donors (Lipinski definition) is 1. The van der Waals surface area contributed by atoms with Crippen LogP contribution in [-0.2, 0) is 6.42 Å². The van der Waals surface area contributed by atoms with Crippen molar-refractivity contribution in [2.45, 2.75) is 26.2 Å². The second-order valence-electron chi connectivity index (χ2n) is 3.29. The fraction of sp³-hybridized carbons (Fsp3) is 0.778. The van der Waals surface area contributed by atoms with Crippen molar-refractivity contribution in [1.82, 2.24) is 10.2 Å². The molecule has 0 spiro atoms. The number of anilines is 1. The maximum absolute atomic E-state index is 5.41. The number of nitrogens with two attached hydrogens (primary N) is 1. The molecule has 14 heavy (non-hydrogen) atoms. The van der Waals surface area contributed by atoms with Crippen LogP contribution in [0.5, 0.6) is 0 Å². The Morgan fingerprint density at radius 1 is 1.43 bits per heavy atom. The van der Waals surface area contributed by atoms with Crippen LogP contribution in [0.4, 0.5) is 6.01 Å². The maximum atomic E-state index is 5.41. The van der Waals surface area contributed by atoms with Gasteiger partial charge in [-0.25, -0.2) is 0 Å². The van der Waals surface area contributed by atoms with Gasteiger partial charge in [-0.15, -0.1) is 5.10 Å². The third-order valence-corrected chi connectivity index (χ3v) is 1.99. The van der Waals surface area contributed by atoms with Gasteiger partial charge in [0.15, 0.2) is 0 Å². The smallest absolute Gasteiger partial charge is 0.317 e. The van der Waals surface area contributed by atoms with Crippen LogP contribution < -0.4 is 10.6 Å². The average Bonchev–Trinajstić information content (AvgIpc) is 2.63. The Hall–Kier alpha value is -1.10. The first kappa shape index (κ1) is 11.0. The highest BCUT2D eigenvalue weighted by Crippen LogP contribution is 2.10. The van der Waals surface area contributed by atoms with E-state index in [1.165, 1.54) is 0 Å². The van der Waals surface area contributed by atoms with Crippen molar-refractivity contribution in [2.24, 2.45) is 5.73 Å². The molecule has 0 aliphatic carbocycles. The van der Waals surface area contributed by atoms with Crippen LogP contribution >= 0.6 is 0 Å². The molecule has 5 nitrogen and oxygen atoms in total. The van der Waals surface area contributed by atoms with E-state index in [9.17, 15) is 0 Å². The first-order valence-corrected chi connectivity index (χ1v) is 5.01. The standard InChI is InChI=1S/C9H18N4O/c1-3-4-7-13(2)9-12-11-8(14-9)5-6-10/h3-7,10H2,1-2H3. The molecule has 0 aromatic carbocycles. The van der Waals surface area contributed by atoms with Crippen molar-refractivity contribution < 1.29 is 4.42 Å². The molecule has 0 bridgehead atoms. The third-order valence-electron chi connectivity index (χ3n) is 1.99. The predicted octanol–water partition coefficient (Wildman–Crippen LogP) is 0.807. The number of unbranched alkanes of at least 4 members (excludes halogenated alkanes) is 1. The summed E-state index contributed by atoms with van der Waals surface area (Å²) in [5.41, 5.74) is 5.38. The van der Waals surface area contributed by atoms with E-state index in [0.717, 1.165) is 19.4 Å². The quantitative estimate of drug-likeness (QED) is 0.732. The van der Waals surface area contributed by atoms with Crippen molar-refractivity contribution >= 4 is 6.01 Å². The molecule has 1 aromatic heterocycles. The molecule has 2 N–H and O–H groups in total. The summed E-state index contributed by atoms with van der Waals surface area (Å²) < 4.78 is 5.41. The summed E-state index contributed by atoms with van der Waals surface area (Å²) in [6.45, 7) is 3.64. The van der Waals surface area contributed by atoms with E-state index >= 15 is 0 Å². The van der Waals surface area contributed by atoms with Gasteiger partial charge in [-0.1, -0.05) is 18.4 Å². The minimum absolute atomic E-state index is 0.542. The lowest BCUT2D eigenvalue weighted by molar-refractivity contribution is 0.488. The average molecular weight is 198 g/mol. The monoisotopic (exact) mass is 198 g/mol. The molecule has 0 unspecified atom stereocenters. The highest BCUT2D eigenvalue weighted by molar-refractivity contribution is 5.21. The summed E-state index contributed by atoms with van der Waals surface area (Å²) in [7, 11) is 1.95. The van der Waals surface area contributed by atoms with Gasteiger partial charge in [-0.3, -0.25) is 0 Å². The van der Waals surface area contributed by atoms with Gasteiger partial charge >= 0.3 is 6.01 Å². The lowest BCUT2D eigenvalue weighted by Gasteiger charge is -2.12. The zero-order valence-electron chi connectivity index (χ0n) is 8.86. The minimum Gasteiger partial charge on any atom is -0.408 e. The normalized spacial score (nSPS) is 10.5. The van der Waals surface area contributed by atoms with Gasteiger partial charge in [-0.2, -0.15) is 0 Å². The summed E-state index contributed by atoms with van der Waals surface area (Å²) in [4.78, 5) is 1.97. The molecule has 0 amide bonds. The van der Waals surface area contributed by atoms with Crippen molar-refractivity contribution in [2.75, 3.05) is 25.0 Å². The highest BCUT2D eigenvalue weighted by atomic mass is 16.4. The third kappa shape index (κ3) is 2.99. The molecule has 0 aliphatic rings. The maximum Gasteiger partial charge on any atom is 0.317 e. The van der Waals surface area contributed by atoms with Crippen molar-refractivity contribution in [3.05, 3.63) is 5.89 Å². The second kappa shape index (κ2) is 5.59. The van der Waals surface area contributed by atoms with E-state index in [4.69, 9.17) is 10.2 Å². The predicted molar refractivity (Wildman–Crippen MR) is 55.2 cm³/mol. The van der Waals surface area contributed by atoms with E-state index in [0.29, 0.717) is 24.9 Å². The molecule has 1 rings (SSSR count). The van der Waals surface area contributed by atoms with Gasteiger partial charge in [0.05, 0.1) is 0 Å². The fourth-order valence-electron chi connectivity index (χ4n) is 1.11. The van der Waals surface area contributed by atoms with Gasteiger partial charge in [0.2, 0.25) is 5.89 Å². The highest BCUT2D eigenvalue weighted by Gasteiger charge is 2.08. The Bertz CT molecular complexity index is 261. The summed E-state index contributed by atoms with van der Waals surface area (Å²) in [5, 5.41) is 7.84. The van der Waals surface area contributed by atoms with E-state index in [1.54, 1.807) is 0 Å². The SMILES string of the molecule is CCCCN(C)c1nnc(CCN)o1. The lowest BCUT2D eigenvalue weighted by Crippen LogP contribution is -2.18. The minimum atomic E-state index is 0.542. The molecule has 80 valence electrons. The number of nitrogens with zero attached hydrogens (tertiary/aromatic N) is 3. The molecule has 0 atom stereocenters. The van der Waals surface area contributed by atoms with Gasteiger partial charge < -0.3 is 15.1 Å². The molecule has 0 fully saturated rings. The van der Waals surface area contributed by atoms with Crippen molar-refractivity contribution in [1.29, 1.82) is 0 Å². The van der Waals surface area contributed by atoms with Gasteiger partial charge in [0, 0.05) is 26.6 Å². The topological polar surface area (TPSA) is 68.2 Å².